The molecule has 80 valence electrons. The van der Waals surface area contributed by atoms with E-state index in [0.717, 1.165) is 10.0 Å². The molecule has 15 heavy (non-hydrogen) atoms. The minimum Gasteiger partial charge on any atom is -0.438 e. The number of ether oxygens (including phenoxy) is 2. The van der Waals surface area contributed by atoms with Crippen LogP contribution in [0.1, 0.15) is 11.7 Å². The molecule has 0 amide bonds. The second-order valence-corrected chi connectivity index (χ2v) is 3.60. The fourth-order valence-electron chi connectivity index (χ4n) is 1.10. The number of hydrogen-bond donors (Lipinski definition) is 0. The van der Waals surface area contributed by atoms with Gasteiger partial charge in [0, 0.05) is 10.0 Å². The van der Waals surface area contributed by atoms with E-state index in [1.54, 1.807) is 0 Å². The summed E-state index contributed by atoms with van der Waals surface area (Å²) < 4.78 is 10.3. The lowest BCUT2D eigenvalue weighted by Gasteiger charge is -2.14. The summed E-state index contributed by atoms with van der Waals surface area (Å²) >= 11 is 3.37. The van der Waals surface area contributed by atoms with Crippen LogP contribution >= 0.6 is 15.9 Å². The van der Waals surface area contributed by atoms with Crippen LogP contribution in [0.3, 0.4) is 0 Å². The fraction of sp³-hybridized carbons (Fsp3) is 0.182. The molecule has 0 saturated heterocycles. The lowest BCUT2D eigenvalue weighted by Crippen LogP contribution is -2.09. The van der Waals surface area contributed by atoms with E-state index in [4.69, 9.17) is 4.74 Å². The highest BCUT2D eigenvalue weighted by atomic mass is 79.9. The number of carbonyl (C=O) groups is 1. The highest BCUT2D eigenvalue weighted by Gasteiger charge is 2.15. The van der Waals surface area contributed by atoms with E-state index >= 15 is 0 Å². The van der Waals surface area contributed by atoms with E-state index in [2.05, 4.69) is 27.2 Å². The van der Waals surface area contributed by atoms with Crippen LogP contribution in [0.2, 0.25) is 0 Å². The van der Waals surface area contributed by atoms with E-state index in [1.165, 1.54) is 13.2 Å². The van der Waals surface area contributed by atoms with Crippen LogP contribution in [0, 0.1) is 0 Å². The molecule has 0 radical (unpaired) electrons. The van der Waals surface area contributed by atoms with Gasteiger partial charge in [-0.1, -0.05) is 40.7 Å². The molecule has 1 aromatic rings. The van der Waals surface area contributed by atoms with E-state index in [0.29, 0.717) is 0 Å². The molecule has 0 spiro atoms. The van der Waals surface area contributed by atoms with Gasteiger partial charge in [0.15, 0.2) is 0 Å². The van der Waals surface area contributed by atoms with E-state index in [-0.39, 0.29) is 0 Å². The second-order valence-electron chi connectivity index (χ2n) is 2.75. The van der Waals surface area contributed by atoms with Crippen LogP contribution in [0.5, 0.6) is 0 Å². The number of benzene rings is 1. The molecule has 0 N–H and O–H groups in total. The van der Waals surface area contributed by atoms with Gasteiger partial charge >= 0.3 is 6.16 Å². The Morgan fingerprint density at radius 1 is 1.53 bits per heavy atom. The smallest absolute Gasteiger partial charge is 0.438 e. The molecule has 1 aromatic carbocycles. The molecule has 0 aliphatic heterocycles. The normalized spacial score (nSPS) is 11.6. The summed E-state index contributed by atoms with van der Waals surface area (Å²) in [6.07, 6.45) is 0.306. The zero-order valence-corrected chi connectivity index (χ0v) is 9.86. The summed E-state index contributed by atoms with van der Waals surface area (Å²) in [5.41, 5.74) is 0.831. The van der Waals surface area contributed by atoms with Crippen molar-refractivity contribution in [2.75, 3.05) is 7.11 Å². The van der Waals surface area contributed by atoms with Gasteiger partial charge in [-0.3, -0.25) is 0 Å². The van der Waals surface area contributed by atoms with Gasteiger partial charge in [-0.05, 0) is 12.1 Å². The third-order valence-corrected chi connectivity index (χ3v) is 2.54. The molecule has 0 aliphatic rings. The summed E-state index contributed by atoms with van der Waals surface area (Å²) in [6.45, 7) is 3.61. The predicted octanol–water partition coefficient (Wildman–Crippen LogP) is 3.46. The second kappa shape index (κ2) is 5.56. The van der Waals surface area contributed by atoms with E-state index < -0.39 is 12.3 Å². The Bertz CT molecular complexity index is 363. The largest absolute Gasteiger partial charge is 0.508 e. The summed E-state index contributed by atoms with van der Waals surface area (Å²) in [5.74, 6) is 0. The zero-order chi connectivity index (χ0) is 11.3. The summed E-state index contributed by atoms with van der Waals surface area (Å²) in [4.78, 5) is 11.0. The summed E-state index contributed by atoms with van der Waals surface area (Å²) in [7, 11) is 1.27. The maximum atomic E-state index is 11.0. The molecule has 1 unspecified atom stereocenters. The lowest BCUT2D eigenvalue weighted by atomic mass is 10.1. The van der Waals surface area contributed by atoms with Crippen molar-refractivity contribution in [1.29, 1.82) is 0 Å². The van der Waals surface area contributed by atoms with Crippen LogP contribution in [-0.4, -0.2) is 13.3 Å². The molecule has 0 fully saturated rings. The zero-order valence-electron chi connectivity index (χ0n) is 8.27. The van der Waals surface area contributed by atoms with Gasteiger partial charge < -0.3 is 9.47 Å². The standard InChI is InChI=1S/C11H11BrO3/c1-3-10(15-11(13)14-2)8-6-4-5-7-9(8)12/h3-7,10H,1H2,2H3. The maximum absolute atomic E-state index is 11.0. The van der Waals surface area contributed by atoms with Crippen molar-refractivity contribution >= 4 is 22.1 Å². The van der Waals surface area contributed by atoms with Crippen LogP contribution in [0.15, 0.2) is 41.4 Å². The average Bonchev–Trinajstić information content (AvgIpc) is 2.26. The Balaban J connectivity index is 2.88. The summed E-state index contributed by atoms with van der Waals surface area (Å²) in [6, 6.07) is 7.45. The van der Waals surface area contributed by atoms with Crippen LogP contribution in [-0.2, 0) is 9.47 Å². The van der Waals surface area contributed by atoms with Crippen molar-refractivity contribution in [3.63, 3.8) is 0 Å². The van der Waals surface area contributed by atoms with Gasteiger partial charge in [-0.15, -0.1) is 0 Å². The molecule has 3 nitrogen and oxygen atoms in total. The first-order chi connectivity index (χ1) is 7.19. The van der Waals surface area contributed by atoms with Crippen molar-refractivity contribution in [2.45, 2.75) is 6.10 Å². The van der Waals surface area contributed by atoms with E-state index in [9.17, 15) is 4.79 Å². The molecule has 0 aliphatic carbocycles. The summed E-state index contributed by atoms with van der Waals surface area (Å²) in [5, 5.41) is 0. The van der Waals surface area contributed by atoms with Gasteiger partial charge in [0.1, 0.15) is 6.10 Å². The molecule has 1 atom stereocenters. The van der Waals surface area contributed by atoms with E-state index in [1.807, 2.05) is 24.3 Å². The molecule has 1 rings (SSSR count). The van der Waals surface area contributed by atoms with Crippen molar-refractivity contribution in [3.05, 3.63) is 47.0 Å². The fourth-order valence-corrected chi connectivity index (χ4v) is 1.61. The Morgan fingerprint density at radius 3 is 2.73 bits per heavy atom. The Labute approximate surface area is 96.8 Å². The number of carbonyl (C=O) groups excluding carboxylic acids is 1. The van der Waals surface area contributed by atoms with Gasteiger partial charge in [-0.25, -0.2) is 4.79 Å². The van der Waals surface area contributed by atoms with Crippen LogP contribution in [0.4, 0.5) is 4.79 Å². The quantitative estimate of drug-likeness (QED) is 0.623. The Hall–Kier alpha value is -1.29. The molecule has 0 bridgehead atoms. The first-order valence-electron chi connectivity index (χ1n) is 4.30. The van der Waals surface area contributed by atoms with Gasteiger partial charge in [-0.2, -0.15) is 0 Å². The molecule has 4 heteroatoms. The first-order valence-corrected chi connectivity index (χ1v) is 5.10. The number of methoxy groups -OCH3 is 1. The third kappa shape index (κ3) is 3.09. The lowest BCUT2D eigenvalue weighted by molar-refractivity contribution is 0.0521. The molecule has 0 aromatic heterocycles. The molecule has 0 heterocycles. The minimum absolute atomic E-state index is 0.506. The van der Waals surface area contributed by atoms with Crippen molar-refractivity contribution in [3.8, 4) is 0 Å². The SMILES string of the molecule is C=CC(OC(=O)OC)c1ccccc1Br. The minimum atomic E-state index is -0.726. The molecular weight excluding hydrogens is 260 g/mol. The molecular formula is C11H11BrO3. The van der Waals surface area contributed by atoms with Gasteiger partial charge in [0.25, 0.3) is 0 Å². The average molecular weight is 271 g/mol. The Kier molecular flexibility index (Phi) is 4.37. The van der Waals surface area contributed by atoms with Crippen LogP contribution in [0.25, 0.3) is 0 Å². The molecule has 0 saturated carbocycles. The third-order valence-electron chi connectivity index (χ3n) is 1.82. The van der Waals surface area contributed by atoms with Gasteiger partial charge in [0.2, 0.25) is 0 Å². The monoisotopic (exact) mass is 270 g/mol. The van der Waals surface area contributed by atoms with Crippen molar-refractivity contribution in [1.82, 2.24) is 0 Å². The number of halogens is 1. The topological polar surface area (TPSA) is 35.5 Å². The number of hydrogen-bond acceptors (Lipinski definition) is 3. The van der Waals surface area contributed by atoms with Crippen molar-refractivity contribution < 1.29 is 14.3 Å². The predicted molar refractivity (Wildman–Crippen MR) is 60.6 cm³/mol. The maximum Gasteiger partial charge on any atom is 0.508 e. The Morgan fingerprint density at radius 2 is 2.20 bits per heavy atom. The van der Waals surface area contributed by atoms with Crippen molar-refractivity contribution in [2.24, 2.45) is 0 Å². The highest BCUT2D eigenvalue weighted by Crippen LogP contribution is 2.26. The van der Waals surface area contributed by atoms with Crippen LogP contribution < -0.4 is 0 Å². The first kappa shape index (κ1) is 11.8. The number of rotatable bonds is 3. The van der Waals surface area contributed by atoms with Gasteiger partial charge in [0.05, 0.1) is 7.11 Å². The highest BCUT2D eigenvalue weighted by molar-refractivity contribution is 9.10.